The number of benzene rings is 1. The lowest BCUT2D eigenvalue weighted by Gasteiger charge is -2.28. The Balaban J connectivity index is 2.25. The van der Waals surface area contributed by atoms with Crippen LogP contribution in [0.4, 0.5) is 5.69 Å². The van der Waals surface area contributed by atoms with Crippen molar-refractivity contribution in [3.63, 3.8) is 0 Å². The second-order valence-electron chi connectivity index (χ2n) is 5.01. The quantitative estimate of drug-likeness (QED) is 0.826. The maximum Gasteiger partial charge on any atom is 0.0398 e. The van der Waals surface area contributed by atoms with Crippen molar-refractivity contribution in [3.05, 3.63) is 29.3 Å². The number of aryl methyl sites for hydroxylation is 2. The lowest BCUT2D eigenvalue weighted by molar-refractivity contribution is 0.508. The fourth-order valence-electron chi connectivity index (χ4n) is 2.79. The molecule has 1 aromatic rings. The summed E-state index contributed by atoms with van der Waals surface area (Å²) >= 11 is 0. The van der Waals surface area contributed by atoms with E-state index < -0.39 is 0 Å². The predicted octanol–water partition coefficient (Wildman–Crippen LogP) is 2.48. The Morgan fingerprint density at radius 1 is 1.38 bits per heavy atom. The van der Waals surface area contributed by atoms with Crippen LogP contribution in [-0.4, -0.2) is 19.1 Å². The molecule has 2 heteroatoms. The zero-order valence-electron chi connectivity index (χ0n) is 10.5. The normalized spacial score (nSPS) is 25.1. The van der Waals surface area contributed by atoms with Gasteiger partial charge in [-0.05, 0) is 51.3 Å². The maximum atomic E-state index is 5.80. The second kappa shape index (κ2) is 4.46. The number of hydrogen-bond donors (Lipinski definition) is 1. The molecule has 1 aliphatic rings. The summed E-state index contributed by atoms with van der Waals surface area (Å²) in [7, 11) is 0. The molecule has 0 spiro atoms. The summed E-state index contributed by atoms with van der Waals surface area (Å²) in [5, 5.41) is 0. The Labute approximate surface area is 98.4 Å². The fourth-order valence-corrected chi connectivity index (χ4v) is 2.79. The van der Waals surface area contributed by atoms with E-state index in [0.717, 1.165) is 13.1 Å². The third-order valence-corrected chi connectivity index (χ3v) is 3.88. The molecule has 1 saturated heterocycles. The molecular weight excluding hydrogens is 196 g/mol. The standard InChI is InChI=1S/C14H22N2/c1-10-4-5-14(11(2)8-10)16-7-6-13(9-15)12(16)3/h4-5,8,12-13H,6-7,9,15H2,1-3H3. The van der Waals surface area contributed by atoms with Gasteiger partial charge in [-0.1, -0.05) is 17.7 Å². The highest BCUT2D eigenvalue weighted by molar-refractivity contribution is 5.55. The lowest BCUT2D eigenvalue weighted by atomic mass is 10.0. The van der Waals surface area contributed by atoms with E-state index in [1.807, 2.05) is 0 Å². The molecule has 0 bridgehead atoms. The Bertz CT molecular complexity index is 373. The van der Waals surface area contributed by atoms with Crippen molar-refractivity contribution in [2.24, 2.45) is 11.7 Å². The van der Waals surface area contributed by atoms with Crippen molar-refractivity contribution in [2.75, 3.05) is 18.0 Å². The van der Waals surface area contributed by atoms with Gasteiger partial charge in [-0.15, -0.1) is 0 Å². The van der Waals surface area contributed by atoms with Gasteiger partial charge in [0, 0.05) is 18.3 Å². The van der Waals surface area contributed by atoms with Gasteiger partial charge in [-0.3, -0.25) is 0 Å². The minimum Gasteiger partial charge on any atom is -0.368 e. The summed E-state index contributed by atoms with van der Waals surface area (Å²) in [6.45, 7) is 8.59. The van der Waals surface area contributed by atoms with Crippen LogP contribution in [0.2, 0.25) is 0 Å². The Hall–Kier alpha value is -1.02. The van der Waals surface area contributed by atoms with Gasteiger partial charge in [0.05, 0.1) is 0 Å². The summed E-state index contributed by atoms with van der Waals surface area (Å²) in [4.78, 5) is 2.51. The number of nitrogens with two attached hydrogens (primary N) is 1. The van der Waals surface area contributed by atoms with Crippen LogP contribution in [0, 0.1) is 19.8 Å². The average Bonchev–Trinajstić information content (AvgIpc) is 2.60. The average molecular weight is 218 g/mol. The van der Waals surface area contributed by atoms with E-state index in [9.17, 15) is 0 Å². The first-order valence-electron chi connectivity index (χ1n) is 6.17. The number of nitrogens with zero attached hydrogens (tertiary/aromatic N) is 1. The first-order chi connectivity index (χ1) is 7.63. The minimum absolute atomic E-state index is 0.575. The van der Waals surface area contributed by atoms with E-state index in [2.05, 4.69) is 43.9 Å². The van der Waals surface area contributed by atoms with Crippen LogP contribution in [-0.2, 0) is 0 Å². The SMILES string of the molecule is Cc1ccc(N2CCC(CN)C2C)c(C)c1. The highest BCUT2D eigenvalue weighted by atomic mass is 15.2. The van der Waals surface area contributed by atoms with Crippen LogP contribution in [0.15, 0.2) is 18.2 Å². The molecule has 2 rings (SSSR count). The zero-order chi connectivity index (χ0) is 11.7. The highest BCUT2D eigenvalue weighted by Gasteiger charge is 2.30. The predicted molar refractivity (Wildman–Crippen MR) is 69.9 cm³/mol. The van der Waals surface area contributed by atoms with Crippen LogP contribution in [0.1, 0.15) is 24.5 Å². The molecule has 1 fully saturated rings. The van der Waals surface area contributed by atoms with Crippen molar-refractivity contribution in [1.82, 2.24) is 0 Å². The van der Waals surface area contributed by atoms with Crippen LogP contribution in [0.25, 0.3) is 0 Å². The van der Waals surface area contributed by atoms with Gasteiger partial charge in [0.15, 0.2) is 0 Å². The molecule has 2 atom stereocenters. The topological polar surface area (TPSA) is 29.3 Å². The molecule has 88 valence electrons. The molecule has 0 amide bonds. The van der Waals surface area contributed by atoms with E-state index in [1.165, 1.54) is 23.2 Å². The molecule has 2 nitrogen and oxygen atoms in total. The van der Waals surface area contributed by atoms with Crippen LogP contribution in [0.5, 0.6) is 0 Å². The summed E-state index contributed by atoms with van der Waals surface area (Å²) in [6, 6.07) is 7.29. The maximum absolute atomic E-state index is 5.80. The highest BCUT2D eigenvalue weighted by Crippen LogP contribution is 2.31. The van der Waals surface area contributed by atoms with Crippen molar-refractivity contribution >= 4 is 5.69 Å². The first kappa shape index (κ1) is 11.5. The number of rotatable bonds is 2. The fraction of sp³-hybridized carbons (Fsp3) is 0.571. The second-order valence-corrected chi connectivity index (χ2v) is 5.01. The molecule has 1 heterocycles. The molecule has 1 aliphatic heterocycles. The Morgan fingerprint density at radius 2 is 2.12 bits per heavy atom. The third kappa shape index (κ3) is 1.94. The van der Waals surface area contributed by atoms with Crippen LogP contribution in [0.3, 0.4) is 0 Å². The van der Waals surface area contributed by atoms with E-state index in [1.54, 1.807) is 0 Å². The molecule has 0 aromatic heterocycles. The zero-order valence-corrected chi connectivity index (χ0v) is 10.5. The Kier molecular flexibility index (Phi) is 3.20. The van der Waals surface area contributed by atoms with Gasteiger partial charge in [-0.25, -0.2) is 0 Å². The smallest absolute Gasteiger partial charge is 0.0398 e. The number of hydrogen-bond acceptors (Lipinski definition) is 2. The van der Waals surface area contributed by atoms with Crippen molar-refractivity contribution in [1.29, 1.82) is 0 Å². The summed E-state index contributed by atoms with van der Waals surface area (Å²) in [6.07, 6.45) is 1.23. The lowest BCUT2D eigenvalue weighted by Crippen LogP contribution is -2.33. The van der Waals surface area contributed by atoms with Gasteiger partial charge >= 0.3 is 0 Å². The first-order valence-corrected chi connectivity index (χ1v) is 6.17. The van der Waals surface area contributed by atoms with Gasteiger partial charge in [0.2, 0.25) is 0 Å². The Morgan fingerprint density at radius 3 is 2.69 bits per heavy atom. The van der Waals surface area contributed by atoms with Crippen LogP contribution < -0.4 is 10.6 Å². The third-order valence-electron chi connectivity index (χ3n) is 3.88. The van der Waals surface area contributed by atoms with Gasteiger partial charge < -0.3 is 10.6 Å². The van der Waals surface area contributed by atoms with Crippen LogP contribution >= 0.6 is 0 Å². The molecule has 1 aromatic carbocycles. The van der Waals surface area contributed by atoms with Crippen molar-refractivity contribution in [2.45, 2.75) is 33.2 Å². The minimum atomic E-state index is 0.575. The van der Waals surface area contributed by atoms with Crippen molar-refractivity contribution < 1.29 is 0 Å². The summed E-state index contributed by atoms with van der Waals surface area (Å²) in [5.74, 6) is 0.653. The molecule has 0 saturated carbocycles. The van der Waals surface area contributed by atoms with Gasteiger partial charge in [0.1, 0.15) is 0 Å². The van der Waals surface area contributed by atoms with Gasteiger partial charge in [0.25, 0.3) is 0 Å². The van der Waals surface area contributed by atoms with E-state index in [0.29, 0.717) is 12.0 Å². The van der Waals surface area contributed by atoms with Crippen molar-refractivity contribution in [3.8, 4) is 0 Å². The molecule has 2 unspecified atom stereocenters. The van der Waals surface area contributed by atoms with E-state index in [4.69, 9.17) is 5.73 Å². The largest absolute Gasteiger partial charge is 0.368 e. The molecule has 2 N–H and O–H groups in total. The number of anilines is 1. The molecule has 16 heavy (non-hydrogen) atoms. The van der Waals surface area contributed by atoms with E-state index >= 15 is 0 Å². The molecule has 0 radical (unpaired) electrons. The van der Waals surface area contributed by atoms with E-state index in [-0.39, 0.29) is 0 Å². The summed E-state index contributed by atoms with van der Waals surface area (Å²) < 4.78 is 0. The summed E-state index contributed by atoms with van der Waals surface area (Å²) in [5.41, 5.74) is 9.90. The van der Waals surface area contributed by atoms with Gasteiger partial charge in [-0.2, -0.15) is 0 Å². The molecular formula is C14H22N2. The molecule has 0 aliphatic carbocycles. The monoisotopic (exact) mass is 218 g/mol.